The van der Waals surface area contributed by atoms with E-state index in [4.69, 9.17) is 19.4 Å². The quantitative estimate of drug-likeness (QED) is 0.167. The summed E-state index contributed by atoms with van der Waals surface area (Å²) >= 11 is 0. The van der Waals surface area contributed by atoms with Crippen LogP contribution in [0.15, 0.2) is 217 Å². The fraction of sp³-hybridized carbons (Fsp3) is 0.0484. The van der Waals surface area contributed by atoms with Crippen LogP contribution in [0, 0.1) is 0 Å². The van der Waals surface area contributed by atoms with Gasteiger partial charge in [0, 0.05) is 32.9 Å². The molecular weight excluding hydrogens is 803 g/mol. The van der Waals surface area contributed by atoms with E-state index in [0.717, 1.165) is 66.3 Å². The summed E-state index contributed by atoms with van der Waals surface area (Å²) in [6.07, 6.45) is 0. The molecule has 0 spiro atoms. The molecular formula is C62H41N3O. The van der Waals surface area contributed by atoms with Crippen molar-refractivity contribution in [3.63, 3.8) is 0 Å². The third-order valence-corrected chi connectivity index (χ3v) is 13.8. The molecule has 0 unspecified atom stereocenters. The van der Waals surface area contributed by atoms with Crippen LogP contribution in [0.1, 0.15) is 25.0 Å². The number of rotatable bonds is 6. The van der Waals surface area contributed by atoms with E-state index in [1.807, 2.05) is 6.07 Å². The summed E-state index contributed by atoms with van der Waals surface area (Å²) in [4.78, 5) is 15.7. The van der Waals surface area contributed by atoms with Crippen molar-refractivity contribution in [1.82, 2.24) is 15.0 Å². The normalized spacial score (nSPS) is 12.8. The van der Waals surface area contributed by atoms with Gasteiger partial charge in [0.1, 0.15) is 11.2 Å². The Morgan fingerprint density at radius 3 is 1.64 bits per heavy atom. The summed E-state index contributed by atoms with van der Waals surface area (Å²) in [5, 5.41) is 6.89. The van der Waals surface area contributed by atoms with Gasteiger partial charge in [0.15, 0.2) is 17.5 Å². The lowest BCUT2D eigenvalue weighted by Gasteiger charge is -2.21. The summed E-state index contributed by atoms with van der Waals surface area (Å²) in [6.45, 7) is 4.61. The number of furan rings is 1. The molecule has 1 aliphatic carbocycles. The summed E-state index contributed by atoms with van der Waals surface area (Å²) in [5.41, 5.74) is 16.4. The second-order valence-electron chi connectivity index (χ2n) is 17.9. The molecule has 0 saturated carbocycles. The van der Waals surface area contributed by atoms with Gasteiger partial charge in [0.05, 0.1) is 0 Å². The van der Waals surface area contributed by atoms with E-state index in [9.17, 15) is 0 Å². The summed E-state index contributed by atoms with van der Waals surface area (Å²) in [5.74, 6) is 1.86. The molecule has 0 fully saturated rings. The number of aromatic nitrogens is 3. The maximum Gasteiger partial charge on any atom is 0.164 e. The lowest BCUT2D eigenvalue weighted by atomic mass is 9.82. The molecule has 0 atom stereocenters. The summed E-state index contributed by atoms with van der Waals surface area (Å²) in [6, 6.07) is 75.6. The van der Waals surface area contributed by atoms with Gasteiger partial charge in [-0.1, -0.05) is 196 Å². The van der Waals surface area contributed by atoms with Crippen molar-refractivity contribution in [2.45, 2.75) is 19.3 Å². The van der Waals surface area contributed by atoms with Crippen molar-refractivity contribution < 1.29 is 4.42 Å². The molecule has 2 heterocycles. The van der Waals surface area contributed by atoms with Crippen molar-refractivity contribution in [3.05, 3.63) is 223 Å². The zero-order valence-corrected chi connectivity index (χ0v) is 36.5. The van der Waals surface area contributed by atoms with Crippen molar-refractivity contribution in [1.29, 1.82) is 0 Å². The first-order chi connectivity index (χ1) is 32.4. The highest BCUT2D eigenvalue weighted by molar-refractivity contribution is 6.22. The Balaban J connectivity index is 0.939. The first kappa shape index (κ1) is 38.0. The van der Waals surface area contributed by atoms with Crippen LogP contribution in [0.5, 0.6) is 0 Å². The van der Waals surface area contributed by atoms with E-state index in [-0.39, 0.29) is 5.41 Å². The fourth-order valence-corrected chi connectivity index (χ4v) is 10.4. The van der Waals surface area contributed by atoms with E-state index in [0.29, 0.717) is 17.5 Å². The second-order valence-corrected chi connectivity index (χ2v) is 17.9. The van der Waals surface area contributed by atoms with Crippen LogP contribution in [-0.4, -0.2) is 15.0 Å². The molecule has 2 aromatic heterocycles. The molecule has 4 nitrogen and oxygen atoms in total. The molecule has 13 rings (SSSR count). The minimum absolute atomic E-state index is 0.162. The standard InChI is InChI=1S/C62H41N3O/c1-62(2)54-22-11-10-19-49(54)50-33-31-45(36-55(50)62)61-64-59(43-29-23-39(24-30-43)38-13-4-3-5-14-38)63-60(65-61)44-32-34-56-53(35-44)58-51-20-9-8-18-48(51)52(37-57(58)66-56)42-27-25-41(26-28-42)47-21-12-16-40-15-6-7-17-46(40)47/h3-37H,1-2H3. The predicted octanol–water partition coefficient (Wildman–Crippen LogP) is 16.4. The van der Waals surface area contributed by atoms with E-state index in [1.54, 1.807) is 0 Å². The molecule has 4 heteroatoms. The predicted molar refractivity (Wildman–Crippen MR) is 272 cm³/mol. The summed E-state index contributed by atoms with van der Waals surface area (Å²) in [7, 11) is 0. The van der Waals surface area contributed by atoms with Crippen molar-refractivity contribution in [2.24, 2.45) is 0 Å². The highest BCUT2D eigenvalue weighted by Crippen LogP contribution is 2.49. The first-order valence-electron chi connectivity index (χ1n) is 22.6. The van der Waals surface area contributed by atoms with Crippen molar-refractivity contribution in [2.75, 3.05) is 0 Å². The first-order valence-corrected chi connectivity index (χ1v) is 22.6. The SMILES string of the molecule is CC1(C)c2ccccc2-c2ccc(-c3nc(-c4ccc(-c5ccccc5)cc4)nc(-c4ccc5oc6cc(-c7ccc(-c8cccc9ccccc89)cc7)c7ccccc7c6c5c4)n3)cc21. The van der Waals surface area contributed by atoms with Gasteiger partial charge in [-0.25, -0.2) is 15.0 Å². The molecule has 0 amide bonds. The maximum atomic E-state index is 6.72. The van der Waals surface area contributed by atoms with Gasteiger partial charge in [-0.05, 0) is 108 Å². The average molecular weight is 844 g/mol. The Morgan fingerprint density at radius 1 is 0.318 bits per heavy atom. The molecule has 0 N–H and O–H groups in total. The van der Waals surface area contributed by atoms with Gasteiger partial charge >= 0.3 is 0 Å². The Morgan fingerprint density at radius 2 is 0.848 bits per heavy atom. The largest absolute Gasteiger partial charge is 0.456 e. The number of hydrogen-bond donors (Lipinski definition) is 0. The second kappa shape index (κ2) is 14.8. The molecule has 0 bridgehead atoms. The maximum absolute atomic E-state index is 6.72. The van der Waals surface area contributed by atoms with E-state index >= 15 is 0 Å². The Bertz CT molecular complexity index is 3880. The fourth-order valence-electron chi connectivity index (χ4n) is 10.4. The van der Waals surface area contributed by atoms with Gasteiger partial charge in [-0.3, -0.25) is 0 Å². The number of fused-ring (bicyclic) bond motifs is 9. The minimum Gasteiger partial charge on any atom is -0.456 e. The third-order valence-electron chi connectivity index (χ3n) is 13.8. The molecule has 0 aliphatic heterocycles. The van der Waals surface area contributed by atoms with Gasteiger partial charge in [-0.2, -0.15) is 0 Å². The number of nitrogens with zero attached hydrogens (tertiary/aromatic N) is 3. The Hall–Kier alpha value is -8.47. The zero-order chi connectivity index (χ0) is 43.9. The molecule has 0 saturated heterocycles. The van der Waals surface area contributed by atoms with Gasteiger partial charge < -0.3 is 4.42 Å². The van der Waals surface area contributed by atoms with E-state index in [2.05, 4.69) is 220 Å². The monoisotopic (exact) mass is 843 g/mol. The lowest BCUT2D eigenvalue weighted by Crippen LogP contribution is -2.15. The van der Waals surface area contributed by atoms with Gasteiger partial charge in [0.25, 0.3) is 0 Å². The minimum atomic E-state index is -0.162. The number of hydrogen-bond acceptors (Lipinski definition) is 4. The molecule has 310 valence electrons. The topological polar surface area (TPSA) is 51.8 Å². The Kier molecular flexibility index (Phi) is 8.53. The van der Waals surface area contributed by atoms with Gasteiger partial charge in [0.2, 0.25) is 0 Å². The highest BCUT2D eigenvalue weighted by atomic mass is 16.3. The highest BCUT2D eigenvalue weighted by Gasteiger charge is 2.35. The van der Waals surface area contributed by atoms with Crippen LogP contribution in [0.2, 0.25) is 0 Å². The lowest BCUT2D eigenvalue weighted by molar-refractivity contribution is 0.660. The zero-order valence-electron chi connectivity index (χ0n) is 36.5. The molecule has 12 aromatic rings. The van der Waals surface area contributed by atoms with Crippen LogP contribution >= 0.6 is 0 Å². The smallest absolute Gasteiger partial charge is 0.164 e. The third kappa shape index (κ3) is 6.10. The van der Waals surface area contributed by atoms with Crippen molar-refractivity contribution >= 4 is 43.5 Å². The Labute approximate surface area is 382 Å². The van der Waals surface area contributed by atoms with Crippen LogP contribution in [-0.2, 0) is 5.41 Å². The van der Waals surface area contributed by atoms with Crippen LogP contribution < -0.4 is 0 Å². The van der Waals surface area contributed by atoms with Crippen LogP contribution in [0.3, 0.4) is 0 Å². The average Bonchev–Trinajstić information content (AvgIpc) is 3.87. The molecule has 10 aromatic carbocycles. The van der Waals surface area contributed by atoms with Crippen LogP contribution in [0.25, 0.3) is 122 Å². The number of benzene rings is 10. The van der Waals surface area contributed by atoms with E-state index in [1.165, 1.54) is 49.5 Å². The van der Waals surface area contributed by atoms with E-state index < -0.39 is 0 Å². The molecule has 1 aliphatic rings. The summed E-state index contributed by atoms with van der Waals surface area (Å²) < 4.78 is 6.72. The molecule has 66 heavy (non-hydrogen) atoms. The molecule has 0 radical (unpaired) electrons. The van der Waals surface area contributed by atoms with Crippen LogP contribution in [0.4, 0.5) is 0 Å². The van der Waals surface area contributed by atoms with Gasteiger partial charge in [-0.15, -0.1) is 0 Å². The van der Waals surface area contributed by atoms with Crippen molar-refractivity contribution in [3.8, 4) is 78.7 Å².